The highest BCUT2D eigenvalue weighted by molar-refractivity contribution is 5.89. The normalized spacial score (nSPS) is 16.1. The van der Waals surface area contributed by atoms with Gasteiger partial charge in [0, 0.05) is 6.20 Å². The topological polar surface area (TPSA) is 48.4 Å². The maximum Gasteiger partial charge on any atom is 0.341 e. The predicted octanol–water partition coefficient (Wildman–Crippen LogP) is 0.776. The molecule has 0 radical (unpaired) electrons. The summed E-state index contributed by atoms with van der Waals surface area (Å²) in [5, 5.41) is 0. The van der Waals surface area contributed by atoms with Crippen LogP contribution in [0.4, 0.5) is 4.39 Å². The van der Waals surface area contributed by atoms with Gasteiger partial charge in [0.05, 0.1) is 25.0 Å². The smallest absolute Gasteiger partial charge is 0.341 e. The molecular weight excluding hydrogens is 189 g/mol. The highest BCUT2D eigenvalue weighted by Gasteiger charge is 2.24. The molecule has 1 fully saturated rings. The summed E-state index contributed by atoms with van der Waals surface area (Å²) in [7, 11) is 0. The number of hydrogen-bond acceptors (Lipinski definition) is 4. The Labute approximate surface area is 79.7 Å². The van der Waals surface area contributed by atoms with Gasteiger partial charge in [0.1, 0.15) is 6.10 Å². The van der Waals surface area contributed by atoms with Crippen LogP contribution >= 0.6 is 0 Å². The van der Waals surface area contributed by atoms with Crippen molar-refractivity contribution in [1.29, 1.82) is 0 Å². The van der Waals surface area contributed by atoms with Gasteiger partial charge in [-0.05, 0) is 6.07 Å². The van der Waals surface area contributed by atoms with Crippen LogP contribution in [0.15, 0.2) is 18.5 Å². The quantitative estimate of drug-likeness (QED) is 0.657. The number of halogens is 1. The Morgan fingerprint density at radius 1 is 1.64 bits per heavy atom. The van der Waals surface area contributed by atoms with E-state index in [1.165, 1.54) is 12.3 Å². The fourth-order valence-electron chi connectivity index (χ4n) is 1.04. The number of aromatic nitrogens is 1. The highest BCUT2D eigenvalue weighted by atomic mass is 19.1. The van der Waals surface area contributed by atoms with E-state index in [9.17, 15) is 9.18 Å². The van der Waals surface area contributed by atoms with E-state index < -0.39 is 11.8 Å². The second-order valence-electron chi connectivity index (χ2n) is 2.92. The molecule has 0 N–H and O–H groups in total. The van der Waals surface area contributed by atoms with Gasteiger partial charge < -0.3 is 9.47 Å². The molecule has 0 amide bonds. The summed E-state index contributed by atoms with van der Waals surface area (Å²) < 4.78 is 22.8. The average molecular weight is 197 g/mol. The molecule has 0 aromatic carbocycles. The lowest BCUT2D eigenvalue weighted by Crippen LogP contribution is -2.37. The molecular formula is C9H8FNO3. The van der Waals surface area contributed by atoms with Gasteiger partial charge in [-0.1, -0.05) is 0 Å². The van der Waals surface area contributed by atoms with Crippen LogP contribution < -0.4 is 0 Å². The number of esters is 1. The zero-order valence-electron chi connectivity index (χ0n) is 7.27. The zero-order valence-corrected chi connectivity index (χ0v) is 7.27. The van der Waals surface area contributed by atoms with Crippen molar-refractivity contribution in [3.05, 3.63) is 29.8 Å². The van der Waals surface area contributed by atoms with Crippen LogP contribution in [0.1, 0.15) is 10.4 Å². The van der Waals surface area contributed by atoms with Gasteiger partial charge in [0.2, 0.25) is 0 Å². The zero-order chi connectivity index (χ0) is 9.97. The Balaban J connectivity index is 2.06. The standard InChI is InChI=1S/C9H8FNO3/c10-8-3-11-2-1-7(8)9(12)14-6-4-13-5-6/h1-3,6H,4-5H2. The number of ether oxygens (including phenoxy) is 2. The minimum Gasteiger partial charge on any atom is -0.454 e. The number of hydrogen-bond donors (Lipinski definition) is 0. The van der Waals surface area contributed by atoms with E-state index in [4.69, 9.17) is 9.47 Å². The van der Waals surface area contributed by atoms with Crippen LogP contribution in [0.5, 0.6) is 0 Å². The molecule has 5 heteroatoms. The van der Waals surface area contributed by atoms with Gasteiger partial charge >= 0.3 is 5.97 Å². The lowest BCUT2D eigenvalue weighted by Gasteiger charge is -2.25. The van der Waals surface area contributed by atoms with Crippen LogP contribution in [-0.2, 0) is 9.47 Å². The molecule has 1 aliphatic heterocycles. The maximum absolute atomic E-state index is 13.0. The van der Waals surface area contributed by atoms with E-state index in [1.54, 1.807) is 0 Å². The van der Waals surface area contributed by atoms with E-state index in [0.717, 1.165) is 6.20 Å². The molecule has 14 heavy (non-hydrogen) atoms. The fourth-order valence-corrected chi connectivity index (χ4v) is 1.04. The van der Waals surface area contributed by atoms with Crippen molar-refractivity contribution < 1.29 is 18.7 Å². The van der Waals surface area contributed by atoms with Gasteiger partial charge in [-0.2, -0.15) is 0 Å². The van der Waals surface area contributed by atoms with E-state index in [0.29, 0.717) is 13.2 Å². The third kappa shape index (κ3) is 1.72. The third-order valence-electron chi connectivity index (χ3n) is 1.87. The van der Waals surface area contributed by atoms with Gasteiger partial charge in [-0.3, -0.25) is 4.98 Å². The fraction of sp³-hybridized carbons (Fsp3) is 0.333. The van der Waals surface area contributed by atoms with Crippen molar-refractivity contribution in [2.24, 2.45) is 0 Å². The SMILES string of the molecule is O=C(OC1COC1)c1ccncc1F. The summed E-state index contributed by atoms with van der Waals surface area (Å²) in [5.41, 5.74) is -0.0908. The summed E-state index contributed by atoms with van der Waals surface area (Å²) >= 11 is 0. The number of carbonyl (C=O) groups is 1. The number of pyridine rings is 1. The summed E-state index contributed by atoms with van der Waals surface area (Å²) in [6.45, 7) is 0.775. The Morgan fingerprint density at radius 2 is 2.43 bits per heavy atom. The van der Waals surface area contributed by atoms with E-state index in [1.807, 2.05) is 0 Å². The van der Waals surface area contributed by atoms with Crippen molar-refractivity contribution >= 4 is 5.97 Å². The molecule has 74 valence electrons. The van der Waals surface area contributed by atoms with Crippen LogP contribution in [0.3, 0.4) is 0 Å². The van der Waals surface area contributed by atoms with E-state index >= 15 is 0 Å². The highest BCUT2D eigenvalue weighted by Crippen LogP contribution is 2.11. The second-order valence-corrected chi connectivity index (χ2v) is 2.92. The van der Waals surface area contributed by atoms with Crippen LogP contribution in [0.2, 0.25) is 0 Å². The minimum absolute atomic E-state index is 0.0908. The van der Waals surface area contributed by atoms with Crippen LogP contribution in [-0.4, -0.2) is 30.3 Å². The molecule has 0 aliphatic carbocycles. The molecule has 0 bridgehead atoms. The number of nitrogens with zero attached hydrogens (tertiary/aromatic N) is 1. The molecule has 0 atom stereocenters. The Hall–Kier alpha value is -1.49. The molecule has 0 saturated carbocycles. The summed E-state index contributed by atoms with van der Waals surface area (Å²) in [5.74, 6) is -1.34. The molecule has 0 spiro atoms. The molecule has 2 heterocycles. The molecule has 4 nitrogen and oxygen atoms in total. The molecule has 1 aromatic heterocycles. The van der Waals surface area contributed by atoms with Crippen molar-refractivity contribution in [3.63, 3.8) is 0 Å². The molecule has 1 saturated heterocycles. The lowest BCUT2D eigenvalue weighted by atomic mass is 10.2. The van der Waals surface area contributed by atoms with E-state index in [2.05, 4.69) is 4.98 Å². The Kier molecular flexibility index (Phi) is 2.41. The maximum atomic E-state index is 13.0. The van der Waals surface area contributed by atoms with Gasteiger partial charge in [0.25, 0.3) is 0 Å². The first-order valence-electron chi connectivity index (χ1n) is 4.15. The first-order chi connectivity index (χ1) is 6.77. The first-order valence-corrected chi connectivity index (χ1v) is 4.15. The number of carbonyl (C=O) groups excluding carboxylic acids is 1. The molecule has 2 rings (SSSR count). The van der Waals surface area contributed by atoms with Crippen molar-refractivity contribution in [3.8, 4) is 0 Å². The Morgan fingerprint density at radius 3 is 3.00 bits per heavy atom. The molecule has 0 unspecified atom stereocenters. The lowest BCUT2D eigenvalue weighted by molar-refractivity contribution is -0.103. The molecule has 1 aromatic rings. The predicted molar refractivity (Wildman–Crippen MR) is 44.2 cm³/mol. The summed E-state index contributed by atoms with van der Waals surface area (Å²) in [6, 6.07) is 1.29. The Bertz CT molecular complexity index is 352. The largest absolute Gasteiger partial charge is 0.454 e. The van der Waals surface area contributed by atoms with Crippen molar-refractivity contribution in [1.82, 2.24) is 4.98 Å². The monoisotopic (exact) mass is 197 g/mol. The summed E-state index contributed by atoms with van der Waals surface area (Å²) in [4.78, 5) is 14.9. The second kappa shape index (κ2) is 3.71. The first kappa shape index (κ1) is 9.08. The number of rotatable bonds is 2. The van der Waals surface area contributed by atoms with E-state index in [-0.39, 0.29) is 11.7 Å². The summed E-state index contributed by atoms with van der Waals surface area (Å²) in [6.07, 6.45) is 2.08. The molecule has 1 aliphatic rings. The van der Waals surface area contributed by atoms with Crippen LogP contribution in [0.25, 0.3) is 0 Å². The minimum atomic E-state index is -0.669. The van der Waals surface area contributed by atoms with Gasteiger partial charge in [-0.15, -0.1) is 0 Å². The van der Waals surface area contributed by atoms with Gasteiger partial charge in [0.15, 0.2) is 5.82 Å². The third-order valence-corrected chi connectivity index (χ3v) is 1.87. The van der Waals surface area contributed by atoms with Crippen molar-refractivity contribution in [2.75, 3.05) is 13.2 Å². The van der Waals surface area contributed by atoms with Crippen molar-refractivity contribution in [2.45, 2.75) is 6.10 Å². The average Bonchev–Trinajstić information content (AvgIpc) is 2.12. The van der Waals surface area contributed by atoms with Crippen LogP contribution in [0, 0.1) is 5.82 Å². The van der Waals surface area contributed by atoms with Gasteiger partial charge in [-0.25, -0.2) is 9.18 Å².